The van der Waals surface area contributed by atoms with Gasteiger partial charge in [0, 0.05) is 0 Å². The third kappa shape index (κ3) is 12.0. The molecule has 3 aromatic carbocycles. The summed E-state index contributed by atoms with van der Waals surface area (Å²) in [7, 11) is 0. The van der Waals surface area contributed by atoms with Gasteiger partial charge in [-0.2, -0.15) is 0 Å². The van der Waals surface area contributed by atoms with Crippen molar-refractivity contribution in [3.63, 3.8) is 0 Å². The fourth-order valence-corrected chi connectivity index (χ4v) is 4.19. The lowest BCUT2D eigenvalue weighted by molar-refractivity contribution is -0.134. The van der Waals surface area contributed by atoms with E-state index < -0.39 is 5.97 Å². The molecule has 0 saturated heterocycles. The minimum atomic E-state index is -0.466. The molecule has 43 heavy (non-hydrogen) atoms. The predicted molar refractivity (Wildman–Crippen MR) is 169 cm³/mol. The van der Waals surface area contributed by atoms with Gasteiger partial charge in [-0.05, 0) is 65.6 Å². The highest BCUT2D eigenvalue weighted by Gasteiger charge is 2.22. The Hall–Kier alpha value is -3.50. The Morgan fingerprint density at radius 2 is 1.21 bits per heavy atom. The Morgan fingerprint density at radius 1 is 0.721 bits per heavy atom. The van der Waals surface area contributed by atoms with Crippen LogP contribution in [0.4, 0.5) is 0 Å². The molecular formula is C34H39BrO8. The molecule has 0 N–H and O–H groups in total. The average molecular weight is 656 g/mol. The highest BCUT2D eigenvalue weighted by atomic mass is 79.9. The number of esters is 2. The summed E-state index contributed by atoms with van der Waals surface area (Å²) < 4.78 is 32.8. The number of carbonyl (C=O) groups is 2. The van der Waals surface area contributed by atoms with Crippen molar-refractivity contribution >= 4 is 27.9 Å². The summed E-state index contributed by atoms with van der Waals surface area (Å²) in [6, 6.07) is 21.2. The summed E-state index contributed by atoms with van der Waals surface area (Å²) in [6.07, 6.45) is 2.57. The van der Waals surface area contributed by atoms with Gasteiger partial charge in [0.25, 0.3) is 0 Å². The molecule has 0 aliphatic rings. The third-order valence-electron chi connectivity index (χ3n) is 6.41. The van der Waals surface area contributed by atoms with Gasteiger partial charge < -0.3 is 28.4 Å². The van der Waals surface area contributed by atoms with E-state index >= 15 is 0 Å². The van der Waals surface area contributed by atoms with Gasteiger partial charge in [0.1, 0.15) is 28.7 Å². The van der Waals surface area contributed by atoms with Gasteiger partial charge >= 0.3 is 11.9 Å². The first-order valence-corrected chi connectivity index (χ1v) is 15.2. The van der Waals surface area contributed by atoms with Gasteiger partial charge in [0.15, 0.2) is 0 Å². The van der Waals surface area contributed by atoms with E-state index in [0.29, 0.717) is 69.1 Å². The van der Waals surface area contributed by atoms with Crippen LogP contribution in [0, 0.1) is 5.92 Å². The second kappa shape index (κ2) is 18.9. The van der Waals surface area contributed by atoms with Crippen LogP contribution in [0.25, 0.3) is 11.1 Å². The molecule has 2 unspecified atom stereocenters. The number of ether oxygens (including phenoxy) is 6. The summed E-state index contributed by atoms with van der Waals surface area (Å²) in [5.41, 5.74) is 2.28. The summed E-state index contributed by atoms with van der Waals surface area (Å²) in [6.45, 7) is 10.9. The predicted octanol–water partition coefficient (Wildman–Crippen LogP) is 6.90. The largest absolute Gasteiger partial charge is 0.491 e. The zero-order chi connectivity index (χ0) is 30.9. The van der Waals surface area contributed by atoms with Crippen molar-refractivity contribution in [2.75, 3.05) is 46.2 Å². The number of carbonyl (C=O) groups excluding carboxylic acids is 2. The molecule has 0 spiro atoms. The molecular weight excluding hydrogens is 616 g/mol. The molecule has 9 heteroatoms. The highest BCUT2D eigenvalue weighted by Crippen LogP contribution is 2.26. The zero-order valence-electron chi connectivity index (χ0n) is 24.7. The Balaban J connectivity index is 1.38. The van der Waals surface area contributed by atoms with E-state index in [4.69, 9.17) is 28.4 Å². The first-order chi connectivity index (χ1) is 20.9. The van der Waals surface area contributed by atoms with Gasteiger partial charge in [-0.25, -0.2) is 4.79 Å². The summed E-state index contributed by atoms with van der Waals surface area (Å²) in [4.78, 5) is 24.6. The van der Waals surface area contributed by atoms with E-state index in [2.05, 4.69) is 22.5 Å². The van der Waals surface area contributed by atoms with Crippen LogP contribution in [-0.2, 0) is 19.0 Å². The van der Waals surface area contributed by atoms with Gasteiger partial charge in [0.05, 0.1) is 45.2 Å². The monoisotopic (exact) mass is 654 g/mol. The Kier molecular flexibility index (Phi) is 15.0. The first kappa shape index (κ1) is 34.0. The average Bonchev–Trinajstić information content (AvgIpc) is 3.04. The van der Waals surface area contributed by atoms with Gasteiger partial charge in [-0.15, -0.1) is 6.58 Å². The quantitative estimate of drug-likeness (QED) is 0.0453. The lowest BCUT2D eigenvalue weighted by Gasteiger charge is -2.15. The van der Waals surface area contributed by atoms with Crippen LogP contribution in [0.5, 0.6) is 17.2 Å². The smallest absolute Gasteiger partial charge is 0.343 e. The molecule has 8 nitrogen and oxygen atoms in total. The number of hydrogen-bond donors (Lipinski definition) is 0. The molecule has 0 aliphatic heterocycles. The molecule has 0 heterocycles. The second-order valence-corrected chi connectivity index (χ2v) is 10.6. The van der Waals surface area contributed by atoms with Crippen LogP contribution >= 0.6 is 15.9 Å². The Morgan fingerprint density at radius 3 is 1.74 bits per heavy atom. The van der Waals surface area contributed by atoms with E-state index in [1.54, 1.807) is 54.6 Å². The number of rotatable bonds is 19. The summed E-state index contributed by atoms with van der Waals surface area (Å²) in [5.74, 6) is 0.951. The Labute approximate surface area is 262 Å². The second-order valence-electron chi connectivity index (χ2n) is 9.61. The van der Waals surface area contributed by atoms with Crippen molar-refractivity contribution in [1.82, 2.24) is 0 Å². The highest BCUT2D eigenvalue weighted by molar-refractivity contribution is 9.10. The minimum absolute atomic E-state index is 0.180. The fourth-order valence-electron chi connectivity index (χ4n) is 3.72. The van der Waals surface area contributed by atoms with Crippen molar-refractivity contribution in [3.8, 4) is 28.4 Å². The van der Waals surface area contributed by atoms with E-state index in [0.717, 1.165) is 17.5 Å². The zero-order valence-corrected chi connectivity index (χ0v) is 26.3. The molecule has 0 bridgehead atoms. The van der Waals surface area contributed by atoms with Crippen molar-refractivity contribution in [1.29, 1.82) is 0 Å². The van der Waals surface area contributed by atoms with Crippen LogP contribution in [0.2, 0.25) is 0 Å². The van der Waals surface area contributed by atoms with Crippen molar-refractivity contribution in [2.24, 2.45) is 5.92 Å². The van der Waals surface area contributed by atoms with Gasteiger partial charge in [-0.3, -0.25) is 4.79 Å². The molecule has 3 aromatic rings. The summed E-state index contributed by atoms with van der Waals surface area (Å²) >= 11 is 3.42. The molecule has 0 aliphatic carbocycles. The van der Waals surface area contributed by atoms with Crippen LogP contribution in [0.15, 0.2) is 85.5 Å². The fraction of sp³-hybridized carbons (Fsp3) is 0.353. The minimum Gasteiger partial charge on any atom is -0.491 e. The maximum Gasteiger partial charge on any atom is 0.343 e. The number of benzene rings is 3. The number of halogens is 1. The molecule has 0 fully saturated rings. The molecule has 2 atom stereocenters. The SMILES string of the molecule is C=CCOCCOCCOCCOc1ccc(C(=O)Oc2ccc(-c3ccc(OC(=O)C(Br)C(C)CC)cc3)cc2)cc1. The molecule has 0 radical (unpaired) electrons. The third-order valence-corrected chi connectivity index (χ3v) is 7.68. The van der Waals surface area contributed by atoms with Crippen LogP contribution in [0.3, 0.4) is 0 Å². The maximum atomic E-state index is 12.6. The van der Waals surface area contributed by atoms with Crippen molar-refractivity contribution in [3.05, 3.63) is 91.0 Å². The van der Waals surface area contributed by atoms with Gasteiger partial charge in [0.2, 0.25) is 0 Å². The van der Waals surface area contributed by atoms with E-state index in [1.165, 1.54) is 0 Å². The van der Waals surface area contributed by atoms with E-state index in [9.17, 15) is 9.59 Å². The van der Waals surface area contributed by atoms with Crippen LogP contribution in [-0.4, -0.2) is 63.0 Å². The van der Waals surface area contributed by atoms with Crippen molar-refractivity contribution in [2.45, 2.75) is 25.1 Å². The Bertz CT molecular complexity index is 1260. The molecule has 0 amide bonds. The first-order valence-electron chi connectivity index (χ1n) is 14.3. The number of alkyl halides is 1. The molecule has 3 rings (SSSR count). The normalized spacial score (nSPS) is 12.3. The van der Waals surface area contributed by atoms with E-state index in [-0.39, 0.29) is 16.7 Å². The molecule has 0 aromatic heterocycles. The van der Waals surface area contributed by atoms with Crippen molar-refractivity contribution < 1.29 is 38.0 Å². The maximum absolute atomic E-state index is 12.6. The summed E-state index contributed by atoms with van der Waals surface area (Å²) in [5, 5.41) is 0. The molecule has 0 saturated carbocycles. The van der Waals surface area contributed by atoms with Crippen LogP contribution in [0.1, 0.15) is 30.6 Å². The van der Waals surface area contributed by atoms with Crippen LogP contribution < -0.4 is 14.2 Å². The standard InChI is InChI=1S/C34H39BrO8/c1-4-18-38-19-20-39-21-22-40-23-24-41-29-12-10-28(11-13-29)33(36)42-30-14-6-26(7-15-30)27-8-16-31(17-9-27)43-34(37)32(35)25(3)5-2/h4,6-17,25,32H,1,5,18-24H2,2-3H3. The lowest BCUT2D eigenvalue weighted by atomic mass is 10.1. The number of hydrogen-bond acceptors (Lipinski definition) is 8. The van der Waals surface area contributed by atoms with Gasteiger partial charge in [-0.1, -0.05) is 66.5 Å². The lowest BCUT2D eigenvalue weighted by Crippen LogP contribution is -2.26. The van der Waals surface area contributed by atoms with E-state index in [1.807, 2.05) is 38.1 Å². The molecule has 230 valence electrons. The topological polar surface area (TPSA) is 89.5 Å².